The molecule has 24 heavy (non-hydrogen) atoms. The number of nitrogens with one attached hydrogen (secondary N) is 1. The van der Waals surface area contributed by atoms with Gasteiger partial charge in [-0.2, -0.15) is 0 Å². The van der Waals surface area contributed by atoms with Gasteiger partial charge < -0.3 is 15.0 Å². The minimum absolute atomic E-state index is 0.0651. The highest BCUT2D eigenvalue weighted by molar-refractivity contribution is 5.90. The third-order valence-electron chi connectivity index (χ3n) is 5.53. The zero-order valence-electron chi connectivity index (χ0n) is 13.8. The van der Waals surface area contributed by atoms with E-state index < -0.39 is 6.10 Å². The topological polar surface area (TPSA) is 50.1 Å². The lowest BCUT2D eigenvalue weighted by Crippen LogP contribution is -2.27. The molecule has 0 spiro atoms. The standard InChI is InChI=1S/C20H21N3O/c1-12-7-14-9-18(20(24)13-3-2-5-21-10-13)23-17-4-6-22-11-16(17)15(8-12)19(14)23/h2-3,5,7-8,10,18,20,22,24H,4,6,9,11H2,1H3. The Balaban J connectivity index is 1.71. The van der Waals surface area contributed by atoms with Crippen LogP contribution < -0.4 is 5.32 Å². The van der Waals surface area contributed by atoms with E-state index in [-0.39, 0.29) is 6.04 Å². The molecule has 4 nitrogen and oxygen atoms in total. The molecule has 2 aliphatic rings. The molecule has 1 aromatic carbocycles. The van der Waals surface area contributed by atoms with Gasteiger partial charge in [0.25, 0.3) is 0 Å². The van der Waals surface area contributed by atoms with Crippen LogP contribution in [0.2, 0.25) is 0 Å². The van der Waals surface area contributed by atoms with E-state index in [0.29, 0.717) is 0 Å². The third-order valence-corrected chi connectivity index (χ3v) is 5.53. The predicted molar refractivity (Wildman–Crippen MR) is 94.0 cm³/mol. The predicted octanol–water partition coefficient (Wildman–Crippen LogP) is 2.82. The lowest BCUT2D eigenvalue weighted by atomic mass is 9.95. The van der Waals surface area contributed by atoms with E-state index in [1.165, 1.54) is 33.3 Å². The lowest BCUT2D eigenvalue weighted by Gasteiger charge is -2.25. The number of fused-ring (bicyclic) bond motifs is 3. The highest BCUT2D eigenvalue weighted by atomic mass is 16.3. The summed E-state index contributed by atoms with van der Waals surface area (Å²) >= 11 is 0. The minimum atomic E-state index is -0.527. The summed E-state index contributed by atoms with van der Waals surface area (Å²) in [5.41, 5.74) is 7.73. The Morgan fingerprint density at radius 3 is 3.12 bits per heavy atom. The maximum atomic E-state index is 11.1. The molecule has 2 unspecified atom stereocenters. The largest absolute Gasteiger partial charge is 0.386 e. The Morgan fingerprint density at radius 2 is 2.29 bits per heavy atom. The van der Waals surface area contributed by atoms with Crippen LogP contribution in [-0.2, 0) is 19.4 Å². The Hall–Kier alpha value is -2.17. The van der Waals surface area contributed by atoms with Gasteiger partial charge in [0.15, 0.2) is 0 Å². The summed E-state index contributed by atoms with van der Waals surface area (Å²) in [6.45, 7) is 4.10. The van der Waals surface area contributed by atoms with Gasteiger partial charge in [0.2, 0.25) is 0 Å². The maximum Gasteiger partial charge on any atom is 0.101 e. The van der Waals surface area contributed by atoms with Gasteiger partial charge in [-0.1, -0.05) is 17.7 Å². The van der Waals surface area contributed by atoms with Gasteiger partial charge in [0.05, 0.1) is 11.6 Å². The summed E-state index contributed by atoms with van der Waals surface area (Å²) < 4.78 is 2.43. The van der Waals surface area contributed by atoms with E-state index in [1.54, 1.807) is 12.4 Å². The number of aryl methyl sites for hydroxylation is 1. The molecule has 4 heteroatoms. The molecular formula is C20H21N3O. The molecule has 0 radical (unpaired) electrons. The van der Waals surface area contributed by atoms with Crippen LogP contribution in [0.15, 0.2) is 36.7 Å². The second-order valence-electron chi connectivity index (χ2n) is 7.04. The first kappa shape index (κ1) is 14.2. The van der Waals surface area contributed by atoms with Crippen molar-refractivity contribution in [3.63, 3.8) is 0 Å². The van der Waals surface area contributed by atoms with Gasteiger partial charge in [0.1, 0.15) is 6.10 Å². The molecule has 2 aliphatic heterocycles. The molecule has 3 aromatic rings. The number of aromatic nitrogens is 2. The second kappa shape index (κ2) is 5.16. The SMILES string of the molecule is Cc1cc2c3c(c1)c1c(n3C(C(O)c3cccnc3)C2)CCNC1. The highest BCUT2D eigenvalue weighted by Gasteiger charge is 2.35. The van der Waals surface area contributed by atoms with Crippen molar-refractivity contribution < 1.29 is 5.11 Å². The van der Waals surface area contributed by atoms with Crippen molar-refractivity contribution in [1.29, 1.82) is 0 Å². The van der Waals surface area contributed by atoms with Crippen LogP contribution in [0.4, 0.5) is 0 Å². The fourth-order valence-corrected chi connectivity index (χ4v) is 4.56. The van der Waals surface area contributed by atoms with E-state index in [4.69, 9.17) is 0 Å². The molecule has 0 saturated carbocycles. The van der Waals surface area contributed by atoms with Crippen LogP contribution in [0.3, 0.4) is 0 Å². The van der Waals surface area contributed by atoms with Crippen LogP contribution in [0.5, 0.6) is 0 Å². The average Bonchev–Trinajstić information content (AvgIpc) is 3.15. The number of aliphatic hydroxyl groups is 1. The van der Waals surface area contributed by atoms with Crippen LogP contribution in [0, 0.1) is 6.92 Å². The van der Waals surface area contributed by atoms with Crippen LogP contribution in [-0.4, -0.2) is 21.2 Å². The van der Waals surface area contributed by atoms with Gasteiger partial charge in [-0.3, -0.25) is 4.98 Å². The number of hydrogen-bond donors (Lipinski definition) is 2. The van der Waals surface area contributed by atoms with Gasteiger partial charge in [-0.05, 0) is 36.6 Å². The molecule has 4 heterocycles. The van der Waals surface area contributed by atoms with Crippen molar-refractivity contribution in [3.05, 3.63) is 64.6 Å². The lowest BCUT2D eigenvalue weighted by molar-refractivity contribution is 0.117. The first-order valence-electron chi connectivity index (χ1n) is 8.68. The molecule has 122 valence electrons. The number of hydrogen-bond acceptors (Lipinski definition) is 3. The fourth-order valence-electron chi connectivity index (χ4n) is 4.56. The number of rotatable bonds is 2. The molecule has 5 rings (SSSR count). The van der Waals surface area contributed by atoms with Gasteiger partial charge in [0, 0.05) is 48.5 Å². The highest BCUT2D eigenvalue weighted by Crippen LogP contribution is 2.44. The van der Waals surface area contributed by atoms with Crippen molar-refractivity contribution in [1.82, 2.24) is 14.9 Å². The molecular weight excluding hydrogens is 298 g/mol. The summed E-state index contributed by atoms with van der Waals surface area (Å²) in [6.07, 6.45) is 4.93. The smallest absolute Gasteiger partial charge is 0.101 e. The number of aliphatic hydroxyl groups excluding tert-OH is 1. The summed E-state index contributed by atoms with van der Waals surface area (Å²) in [5, 5.41) is 15.9. The summed E-state index contributed by atoms with van der Waals surface area (Å²) in [7, 11) is 0. The van der Waals surface area contributed by atoms with Crippen LogP contribution >= 0.6 is 0 Å². The number of pyridine rings is 1. The Kier molecular flexibility index (Phi) is 3.05. The summed E-state index contributed by atoms with van der Waals surface area (Å²) in [4.78, 5) is 4.19. The third kappa shape index (κ3) is 1.90. The van der Waals surface area contributed by atoms with Crippen LogP contribution in [0.25, 0.3) is 10.9 Å². The van der Waals surface area contributed by atoms with E-state index >= 15 is 0 Å². The van der Waals surface area contributed by atoms with Crippen molar-refractivity contribution in [2.24, 2.45) is 0 Å². The molecule has 2 atom stereocenters. The first-order chi connectivity index (χ1) is 11.7. The molecule has 0 bridgehead atoms. The van der Waals surface area contributed by atoms with Gasteiger partial charge in [-0.25, -0.2) is 0 Å². The van der Waals surface area contributed by atoms with Crippen LogP contribution in [0.1, 0.15) is 40.1 Å². The molecule has 0 fully saturated rings. The first-order valence-corrected chi connectivity index (χ1v) is 8.68. The quantitative estimate of drug-likeness (QED) is 0.764. The van der Waals surface area contributed by atoms with Crippen molar-refractivity contribution >= 4 is 10.9 Å². The molecule has 2 N–H and O–H groups in total. The van der Waals surface area contributed by atoms with Crippen molar-refractivity contribution in [2.75, 3.05) is 6.54 Å². The fraction of sp³-hybridized carbons (Fsp3) is 0.350. The number of nitrogens with zero attached hydrogens (tertiary/aromatic N) is 2. The van der Waals surface area contributed by atoms with Gasteiger partial charge >= 0.3 is 0 Å². The van der Waals surface area contributed by atoms with E-state index in [0.717, 1.165) is 31.5 Å². The van der Waals surface area contributed by atoms with Crippen molar-refractivity contribution in [3.8, 4) is 0 Å². The van der Waals surface area contributed by atoms with Crippen molar-refractivity contribution in [2.45, 2.75) is 38.5 Å². The minimum Gasteiger partial charge on any atom is -0.386 e. The van der Waals surface area contributed by atoms with E-state index in [9.17, 15) is 5.11 Å². The maximum absolute atomic E-state index is 11.1. The Labute approximate surface area is 141 Å². The molecule has 0 saturated heterocycles. The van der Waals surface area contributed by atoms with Gasteiger partial charge in [-0.15, -0.1) is 0 Å². The number of benzene rings is 1. The zero-order valence-corrected chi connectivity index (χ0v) is 13.8. The molecule has 0 amide bonds. The Morgan fingerprint density at radius 1 is 1.38 bits per heavy atom. The van der Waals surface area contributed by atoms with E-state index in [1.807, 2.05) is 12.1 Å². The Bertz CT molecular complexity index is 929. The normalized spacial score (nSPS) is 20.3. The monoisotopic (exact) mass is 319 g/mol. The summed E-state index contributed by atoms with van der Waals surface area (Å²) in [5.74, 6) is 0. The average molecular weight is 319 g/mol. The molecule has 0 aliphatic carbocycles. The van der Waals surface area contributed by atoms with E-state index in [2.05, 4.69) is 33.9 Å². The summed E-state index contributed by atoms with van der Waals surface area (Å²) in [6, 6.07) is 8.53. The molecule has 2 aromatic heterocycles. The zero-order chi connectivity index (χ0) is 16.3. The second-order valence-corrected chi connectivity index (χ2v) is 7.04.